The van der Waals surface area contributed by atoms with Gasteiger partial charge in [0, 0.05) is 17.3 Å². The first-order chi connectivity index (χ1) is 13.5. The van der Waals surface area contributed by atoms with Crippen LogP contribution in [0.25, 0.3) is 11.8 Å². The van der Waals surface area contributed by atoms with Crippen LogP contribution in [-0.4, -0.2) is 29.0 Å². The van der Waals surface area contributed by atoms with Crippen LogP contribution in [0.3, 0.4) is 0 Å². The van der Waals surface area contributed by atoms with E-state index in [2.05, 4.69) is 5.10 Å². The van der Waals surface area contributed by atoms with Gasteiger partial charge in [-0.25, -0.2) is 9.48 Å². The van der Waals surface area contributed by atoms with Crippen molar-refractivity contribution in [1.29, 1.82) is 0 Å². The van der Waals surface area contributed by atoms with E-state index in [0.29, 0.717) is 6.61 Å². The largest absolute Gasteiger partial charge is 0.490 e. The van der Waals surface area contributed by atoms with E-state index in [-0.39, 0.29) is 6.61 Å². The first-order valence-electron chi connectivity index (χ1n) is 9.20. The molecule has 144 valence electrons. The molecule has 3 rings (SSSR count). The number of nitrogens with zero attached hydrogens (tertiary/aromatic N) is 2. The van der Waals surface area contributed by atoms with Crippen molar-refractivity contribution in [2.45, 2.75) is 20.8 Å². The van der Waals surface area contributed by atoms with Crippen LogP contribution in [0.2, 0.25) is 0 Å². The Balaban J connectivity index is 1.54. The Morgan fingerprint density at radius 3 is 2.43 bits per heavy atom. The molecule has 2 aromatic carbocycles. The number of ether oxygens (including phenoxy) is 2. The first kappa shape index (κ1) is 19.4. The molecular weight excluding hydrogens is 352 g/mol. The van der Waals surface area contributed by atoms with Crippen LogP contribution in [0.15, 0.2) is 60.7 Å². The second-order valence-electron chi connectivity index (χ2n) is 6.49. The van der Waals surface area contributed by atoms with Gasteiger partial charge in [0.1, 0.15) is 19.0 Å². The molecule has 28 heavy (non-hydrogen) atoms. The van der Waals surface area contributed by atoms with Crippen LogP contribution in [0.4, 0.5) is 0 Å². The third kappa shape index (κ3) is 4.88. The molecule has 0 saturated carbocycles. The molecule has 1 heterocycles. The van der Waals surface area contributed by atoms with Crippen LogP contribution in [0.5, 0.6) is 5.75 Å². The van der Waals surface area contributed by atoms with Crippen molar-refractivity contribution in [2.75, 3.05) is 13.2 Å². The minimum absolute atomic E-state index is 0.193. The maximum atomic E-state index is 12.0. The molecule has 0 fully saturated rings. The van der Waals surface area contributed by atoms with Crippen molar-refractivity contribution in [2.24, 2.45) is 0 Å². The van der Waals surface area contributed by atoms with Crippen molar-refractivity contribution in [1.82, 2.24) is 9.78 Å². The average Bonchev–Trinajstić information content (AvgIpc) is 2.99. The lowest BCUT2D eigenvalue weighted by Gasteiger charge is -2.06. The summed E-state index contributed by atoms with van der Waals surface area (Å²) in [6.45, 7) is 6.43. The molecule has 0 unspecified atom stereocenters. The molecule has 3 aromatic rings. The highest BCUT2D eigenvalue weighted by atomic mass is 16.6. The summed E-state index contributed by atoms with van der Waals surface area (Å²) in [6, 6.07) is 17.6. The lowest BCUT2D eigenvalue weighted by atomic mass is 10.2. The predicted molar refractivity (Wildman–Crippen MR) is 110 cm³/mol. The summed E-state index contributed by atoms with van der Waals surface area (Å²) in [5.41, 5.74) is 4.89. The van der Waals surface area contributed by atoms with Crippen LogP contribution < -0.4 is 4.74 Å². The second kappa shape index (κ2) is 9.04. The zero-order valence-corrected chi connectivity index (χ0v) is 16.4. The molecule has 0 radical (unpaired) electrons. The number of carbonyl (C=O) groups excluding carboxylic acids is 1. The van der Waals surface area contributed by atoms with Crippen LogP contribution in [0.1, 0.15) is 22.5 Å². The summed E-state index contributed by atoms with van der Waals surface area (Å²) in [5, 5.41) is 4.57. The van der Waals surface area contributed by atoms with Gasteiger partial charge in [-0.05, 0) is 51.1 Å². The molecule has 0 amide bonds. The van der Waals surface area contributed by atoms with E-state index in [1.165, 1.54) is 11.6 Å². The monoisotopic (exact) mass is 376 g/mol. The fourth-order valence-electron chi connectivity index (χ4n) is 2.85. The third-order valence-corrected chi connectivity index (χ3v) is 4.35. The summed E-state index contributed by atoms with van der Waals surface area (Å²) in [6.07, 6.45) is 3.18. The molecule has 5 heteroatoms. The van der Waals surface area contributed by atoms with E-state index in [4.69, 9.17) is 9.47 Å². The molecule has 0 aliphatic rings. The lowest BCUT2D eigenvalue weighted by Crippen LogP contribution is -2.10. The van der Waals surface area contributed by atoms with E-state index < -0.39 is 5.97 Å². The molecule has 0 spiro atoms. The van der Waals surface area contributed by atoms with Gasteiger partial charge in [-0.3, -0.25) is 0 Å². The van der Waals surface area contributed by atoms with Gasteiger partial charge in [-0.15, -0.1) is 0 Å². The van der Waals surface area contributed by atoms with Gasteiger partial charge in [0.05, 0.1) is 11.4 Å². The molecule has 5 nitrogen and oxygen atoms in total. The van der Waals surface area contributed by atoms with Gasteiger partial charge in [-0.2, -0.15) is 5.10 Å². The maximum Gasteiger partial charge on any atom is 0.330 e. The Morgan fingerprint density at radius 1 is 1.00 bits per heavy atom. The highest BCUT2D eigenvalue weighted by Gasteiger charge is 2.11. The number of rotatable bonds is 7. The fourth-order valence-corrected chi connectivity index (χ4v) is 2.85. The molecule has 0 saturated heterocycles. The highest BCUT2D eigenvalue weighted by molar-refractivity contribution is 5.87. The van der Waals surface area contributed by atoms with Crippen molar-refractivity contribution in [3.63, 3.8) is 0 Å². The molecule has 0 bridgehead atoms. The van der Waals surface area contributed by atoms with Crippen molar-refractivity contribution < 1.29 is 14.3 Å². The Morgan fingerprint density at radius 2 is 1.71 bits per heavy atom. The van der Waals surface area contributed by atoms with E-state index >= 15 is 0 Å². The Kier molecular flexibility index (Phi) is 6.27. The van der Waals surface area contributed by atoms with Crippen LogP contribution in [-0.2, 0) is 9.53 Å². The van der Waals surface area contributed by atoms with Crippen molar-refractivity contribution in [3.8, 4) is 11.4 Å². The topological polar surface area (TPSA) is 53.4 Å². The van der Waals surface area contributed by atoms with Gasteiger partial charge < -0.3 is 9.47 Å². The molecule has 1 aromatic heterocycles. The SMILES string of the molecule is Cc1ccc(OCCOC(=O)/C=C/c2c(C)nn(-c3ccccc3)c2C)cc1. The smallest absolute Gasteiger partial charge is 0.330 e. The van der Waals surface area contributed by atoms with E-state index in [1.54, 1.807) is 6.08 Å². The van der Waals surface area contributed by atoms with Crippen molar-refractivity contribution >= 4 is 12.0 Å². The Bertz CT molecular complexity index is 958. The number of aromatic nitrogens is 2. The summed E-state index contributed by atoms with van der Waals surface area (Å²) in [5.74, 6) is 0.357. The first-order valence-corrected chi connectivity index (χ1v) is 9.20. The van der Waals surface area contributed by atoms with Gasteiger partial charge in [0.2, 0.25) is 0 Å². The van der Waals surface area contributed by atoms with E-state index in [0.717, 1.165) is 28.4 Å². The second-order valence-corrected chi connectivity index (χ2v) is 6.49. The molecule has 0 aliphatic carbocycles. The number of hydrogen-bond donors (Lipinski definition) is 0. The minimum atomic E-state index is -0.404. The summed E-state index contributed by atoms with van der Waals surface area (Å²) in [7, 11) is 0. The van der Waals surface area contributed by atoms with E-state index in [9.17, 15) is 4.79 Å². The number of benzene rings is 2. The number of para-hydroxylation sites is 1. The van der Waals surface area contributed by atoms with Crippen LogP contribution in [0, 0.1) is 20.8 Å². The zero-order valence-electron chi connectivity index (χ0n) is 16.4. The average molecular weight is 376 g/mol. The Labute approximate surface area is 165 Å². The molecular formula is C23H24N2O3. The Hall–Kier alpha value is -3.34. The van der Waals surface area contributed by atoms with Gasteiger partial charge in [0.25, 0.3) is 0 Å². The van der Waals surface area contributed by atoms with Gasteiger partial charge in [0.15, 0.2) is 0 Å². The summed E-state index contributed by atoms with van der Waals surface area (Å²) >= 11 is 0. The van der Waals surface area contributed by atoms with Gasteiger partial charge in [-0.1, -0.05) is 35.9 Å². The number of esters is 1. The molecule has 0 aliphatic heterocycles. The summed E-state index contributed by atoms with van der Waals surface area (Å²) in [4.78, 5) is 12.0. The number of carbonyl (C=O) groups is 1. The van der Waals surface area contributed by atoms with E-state index in [1.807, 2.05) is 80.1 Å². The number of hydrogen-bond acceptors (Lipinski definition) is 4. The quantitative estimate of drug-likeness (QED) is 0.348. The standard InChI is InChI=1S/C23H24N2O3/c1-17-9-11-21(12-10-17)27-15-16-28-23(26)14-13-22-18(2)24-25(19(22)3)20-7-5-4-6-8-20/h4-14H,15-16H2,1-3H3/b14-13+. The number of aryl methyl sites for hydroxylation is 2. The predicted octanol–water partition coefficient (Wildman–Crippen LogP) is 4.43. The summed E-state index contributed by atoms with van der Waals surface area (Å²) < 4.78 is 12.6. The normalized spacial score (nSPS) is 11.0. The molecule has 0 N–H and O–H groups in total. The highest BCUT2D eigenvalue weighted by Crippen LogP contribution is 2.19. The third-order valence-electron chi connectivity index (χ3n) is 4.35. The lowest BCUT2D eigenvalue weighted by molar-refractivity contribution is -0.138. The van der Waals surface area contributed by atoms with Crippen molar-refractivity contribution in [3.05, 3.63) is 83.2 Å². The minimum Gasteiger partial charge on any atom is -0.490 e. The molecule has 0 atom stereocenters. The van der Waals surface area contributed by atoms with Gasteiger partial charge >= 0.3 is 5.97 Å². The fraction of sp³-hybridized carbons (Fsp3) is 0.217. The van der Waals surface area contributed by atoms with Crippen LogP contribution >= 0.6 is 0 Å². The zero-order chi connectivity index (χ0) is 19.9. The maximum absolute atomic E-state index is 12.0.